The molecule has 0 aliphatic heterocycles. The summed E-state index contributed by atoms with van der Waals surface area (Å²) in [5.74, 6) is 0. The molecule has 3 nitrogen and oxygen atoms in total. The first-order valence-corrected chi connectivity index (χ1v) is 5.47. The average molecular weight is 218 g/mol. The lowest BCUT2D eigenvalue weighted by Crippen LogP contribution is -2.49. The van der Waals surface area contributed by atoms with Crippen LogP contribution in [0.1, 0.15) is 38.5 Å². The van der Waals surface area contributed by atoms with Gasteiger partial charge in [0.15, 0.2) is 5.17 Å². The van der Waals surface area contributed by atoms with Crippen molar-refractivity contribution in [3.05, 3.63) is 0 Å². The minimum absolute atomic E-state index is 0.0451. The van der Waals surface area contributed by atoms with Gasteiger partial charge in [-0.2, -0.15) is 0 Å². The SMILES string of the molecule is COC12CCC(C(Cl)=NO)(CC1)CC2. The van der Waals surface area contributed by atoms with Gasteiger partial charge >= 0.3 is 0 Å². The van der Waals surface area contributed by atoms with Gasteiger partial charge in [-0.05, 0) is 38.5 Å². The summed E-state index contributed by atoms with van der Waals surface area (Å²) in [7, 11) is 1.79. The zero-order valence-corrected chi connectivity index (χ0v) is 9.18. The second-order valence-electron chi connectivity index (χ2n) is 4.56. The number of methoxy groups -OCH3 is 1. The Kier molecular flexibility index (Phi) is 2.48. The Morgan fingerprint density at radius 1 is 1.21 bits per heavy atom. The zero-order valence-electron chi connectivity index (χ0n) is 8.42. The van der Waals surface area contributed by atoms with Crippen LogP contribution in [-0.2, 0) is 4.74 Å². The highest BCUT2D eigenvalue weighted by molar-refractivity contribution is 6.66. The van der Waals surface area contributed by atoms with Gasteiger partial charge < -0.3 is 9.94 Å². The lowest BCUT2D eigenvalue weighted by atomic mass is 9.59. The van der Waals surface area contributed by atoms with Crippen LogP contribution in [0.25, 0.3) is 0 Å². The van der Waals surface area contributed by atoms with Gasteiger partial charge in [-0.15, -0.1) is 0 Å². The van der Waals surface area contributed by atoms with Gasteiger partial charge in [0.05, 0.1) is 5.60 Å². The molecule has 1 N–H and O–H groups in total. The topological polar surface area (TPSA) is 41.8 Å². The first kappa shape index (κ1) is 10.2. The number of halogens is 1. The number of rotatable bonds is 2. The molecular formula is C10H16ClNO2. The quantitative estimate of drug-likeness (QED) is 0.439. The Balaban J connectivity index is 2.16. The molecule has 3 fully saturated rings. The molecular weight excluding hydrogens is 202 g/mol. The van der Waals surface area contributed by atoms with Gasteiger partial charge in [0.1, 0.15) is 0 Å². The van der Waals surface area contributed by atoms with Gasteiger partial charge in [-0.25, -0.2) is 0 Å². The minimum atomic E-state index is -0.0451. The lowest BCUT2D eigenvalue weighted by molar-refractivity contribution is -0.0986. The van der Waals surface area contributed by atoms with Crippen LogP contribution in [0.15, 0.2) is 5.16 Å². The molecule has 3 rings (SSSR count). The third-order valence-electron chi connectivity index (χ3n) is 4.14. The molecule has 4 heteroatoms. The van der Waals surface area contributed by atoms with Crippen LogP contribution in [0.3, 0.4) is 0 Å². The molecule has 0 spiro atoms. The molecule has 0 saturated heterocycles. The van der Waals surface area contributed by atoms with Crippen molar-refractivity contribution in [2.24, 2.45) is 10.6 Å². The van der Waals surface area contributed by atoms with E-state index < -0.39 is 0 Å². The molecule has 0 atom stereocenters. The number of fused-ring (bicyclic) bond motifs is 3. The number of hydrogen-bond acceptors (Lipinski definition) is 3. The van der Waals surface area contributed by atoms with Crippen LogP contribution < -0.4 is 0 Å². The van der Waals surface area contributed by atoms with Crippen molar-refractivity contribution in [3.63, 3.8) is 0 Å². The summed E-state index contributed by atoms with van der Waals surface area (Å²) in [5, 5.41) is 12.3. The van der Waals surface area contributed by atoms with Crippen molar-refractivity contribution < 1.29 is 9.94 Å². The molecule has 0 radical (unpaired) electrons. The monoisotopic (exact) mass is 217 g/mol. The smallest absolute Gasteiger partial charge is 0.151 e. The van der Waals surface area contributed by atoms with Crippen molar-refractivity contribution in [1.29, 1.82) is 0 Å². The fourth-order valence-corrected chi connectivity index (χ4v) is 3.16. The van der Waals surface area contributed by atoms with Crippen molar-refractivity contribution in [2.75, 3.05) is 7.11 Å². The molecule has 0 amide bonds. The van der Waals surface area contributed by atoms with Gasteiger partial charge in [0, 0.05) is 12.5 Å². The van der Waals surface area contributed by atoms with Crippen molar-refractivity contribution in [1.82, 2.24) is 0 Å². The maximum absolute atomic E-state index is 8.75. The lowest BCUT2D eigenvalue weighted by Gasteiger charge is -2.51. The van der Waals surface area contributed by atoms with Gasteiger partial charge in [0.2, 0.25) is 0 Å². The minimum Gasteiger partial charge on any atom is -0.410 e. The maximum Gasteiger partial charge on any atom is 0.151 e. The Morgan fingerprint density at radius 3 is 2.07 bits per heavy atom. The highest BCUT2D eigenvalue weighted by atomic mass is 35.5. The highest BCUT2D eigenvalue weighted by Crippen LogP contribution is 2.54. The number of oxime groups is 1. The molecule has 0 aromatic heterocycles. The predicted octanol–water partition coefficient (Wildman–Crippen LogP) is 2.75. The molecule has 3 aliphatic carbocycles. The summed E-state index contributed by atoms with van der Waals surface area (Å²) >= 11 is 5.97. The summed E-state index contributed by atoms with van der Waals surface area (Å²) in [6.07, 6.45) is 6.08. The van der Waals surface area contributed by atoms with Crippen molar-refractivity contribution in [2.45, 2.75) is 44.1 Å². The number of ether oxygens (including phenoxy) is 1. The molecule has 0 unspecified atom stereocenters. The van der Waals surface area contributed by atoms with E-state index in [1.165, 1.54) is 0 Å². The Hall–Kier alpha value is -0.280. The van der Waals surface area contributed by atoms with E-state index in [9.17, 15) is 0 Å². The standard InChI is InChI=1S/C10H16ClNO2/c1-14-10-5-2-9(3-6-10,4-7-10)8(11)12-13/h13H,2-7H2,1H3. The summed E-state index contributed by atoms with van der Waals surface area (Å²) in [6, 6.07) is 0. The van der Waals surface area contributed by atoms with Crippen molar-refractivity contribution >= 4 is 16.8 Å². The Bertz CT molecular complexity index is 240. The van der Waals surface area contributed by atoms with E-state index in [1.807, 2.05) is 0 Å². The van der Waals surface area contributed by atoms with E-state index >= 15 is 0 Å². The van der Waals surface area contributed by atoms with Crippen LogP contribution in [0.2, 0.25) is 0 Å². The fourth-order valence-electron chi connectivity index (χ4n) is 2.87. The van der Waals surface area contributed by atoms with Crippen LogP contribution >= 0.6 is 11.6 Å². The number of hydrogen-bond donors (Lipinski definition) is 1. The maximum atomic E-state index is 8.75. The largest absolute Gasteiger partial charge is 0.410 e. The molecule has 0 aromatic carbocycles. The van der Waals surface area contributed by atoms with E-state index in [1.54, 1.807) is 7.11 Å². The third kappa shape index (κ3) is 1.34. The molecule has 80 valence electrons. The average Bonchev–Trinajstić information content (AvgIpc) is 2.30. The second-order valence-corrected chi connectivity index (χ2v) is 4.92. The molecule has 2 bridgehead atoms. The first-order valence-electron chi connectivity index (χ1n) is 5.10. The molecule has 3 aliphatic rings. The number of nitrogens with zero attached hydrogens (tertiary/aromatic N) is 1. The highest BCUT2D eigenvalue weighted by Gasteiger charge is 2.51. The van der Waals surface area contributed by atoms with E-state index in [-0.39, 0.29) is 11.0 Å². The third-order valence-corrected chi connectivity index (χ3v) is 4.61. The van der Waals surface area contributed by atoms with E-state index in [2.05, 4.69) is 5.16 Å². The summed E-state index contributed by atoms with van der Waals surface area (Å²) in [6.45, 7) is 0. The van der Waals surface area contributed by atoms with E-state index in [4.69, 9.17) is 21.5 Å². The van der Waals surface area contributed by atoms with Crippen LogP contribution in [0, 0.1) is 5.41 Å². The second kappa shape index (κ2) is 3.38. The van der Waals surface area contributed by atoms with Crippen LogP contribution in [0.5, 0.6) is 0 Å². The normalized spacial score (nSPS) is 42.9. The van der Waals surface area contributed by atoms with Crippen LogP contribution in [0.4, 0.5) is 0 Å². The van der Waals surface area contributed by atoms with E-state index in [0.717, 1.165) is 38.5 Å². The fraction of sp³-hybridized carbons (Fsp3) is 0.900. The van der Waals surface area contributed by atoms with Crippen molar-refractivity contribution in [3.8, 4) is 0 Å². The molecule has 3 saturated carbocycles. The molecule has 0 aromatic rings. The first-order chi connectivity index (χ1) is 6.66. The van der Waals surface area contributed by atoms with Gasteiger partial charge in [0.25, 0.3) is 0 Å². The zero-order chi connectivity index (χ0) is 10.2. The van der Waals surface area contributed by atoms with Crippen LogP contribution in [-0.4, -0.2) is 23.1 Å². The van der Waals surface area contributed by atoms with E-state index in [0.29, 0.717) is 5.17 Å². The predicted molar refractivity (Wildman–Crippen MR) is 54.9 cm³/mol. The summed E-state index contributed by atoms with van der Waals surface area (Å²) < 4.78 is 5.58. The Morgan fingerprint density at radius 2 is 1.71 bits per heavy atom. The molecule has 14 heavy (non-hydrogen) atoms. The van der Waals surface area contributed by atoms with Gasteiger partial charge in [-0.3, -0.25) is 0 Å². The summed E-state index contributed by atoms with van der Waals surface area (Å²) in [4.78, 5) is 0. The summed E-state index contributed by atoms with van der Waals surface area (Å²) in [5.41, 5.74) is 0.0466. The molecule has 0 heterocycles. The Labute approximate surface area is 89.1 Å². The van der Waals surface area contributed by atoms with Gasteiger partial charge in [-0.1, -0.05) is 16.8 Å².